The van der Waals surface area contributed by atoms with E-state index in [-0.39, 0.29) is 7.53 Å². The average Bonchev–Trinajstić information content (AvgIpc) is 2.64. The Morgan fingerprint density at radius 3 is 1.74 bits per heavy atom. The summed E-state index contributed by atoms with van der Waals surface area (Å²) >= 11 is 0. The van der Waals surface area contributed by atoms with Gasteiger partial charge >= 0.3 is 0 Å². The second-order valence-corrected chi connectivity index (χ2v) is 14.1. The van der Waals surface area contributed by atoms with Crippen molar-refractivity contribution in [3.8, 4) is 0 Å². The van der Waals surface area contributed by atoms with E-state index < -0.39 is 0 Å². The van der Waals surface area contributed by atoms with Gasteiger partial charge in [0.25, 0.3) is 0 Å². The zero-order chi connectivity index (χ0) is 20.3. The van der Waals surface area contributed by atoms with Crippen LogP contribution in [0.4, 0.5) is 0 Å². The largest absolute Gasteiger partial charge is 0.362 e. The molecule has 6 unspecified atom stereocenters. The van der Waals surface area contributed by atoms with Gasteiger partial charge in [-0.3, -0.25) is 0 Å². The Kier molecular flexibility index (Phi) is 22.2. The van der Waals surface area contributed by atoms with E-state index in [9.17, 15) is 0 Å². The molecule has 6 heteroatoms. The van der Waals surface area contributed by atoms with Crippen LogP contribution in [0, 0.1) is 5.92 Å². The Morgan fingerprint density at radius 1 is 0.704 bits per heavy atom. The van der Waals surface area contributed by atoms with Crippen LogP contribution in [0.2, 0.25) is 0 Å². The maximum Gasteiger partial charge on any atom is 0.0643 e. The maximum absolute atomic E-state index is 6.11. The summed E-state index contributed by atoms with van der Waals surface area (Å²) in [7, 11) is 7.71. The molecule has 0 N–H and O–H groups in total. The summed E-state index contributed by atoms with van der Waals surface area (Å²) in [5, 5.41) is 0. The lowest BCUT2D eigenvalue weighted by molar-refractivity contribution is 0.148. The van der Waals surface area contributed by atoms with E-state index >= 15 is 0 Å². The van der Waals surface area contributed by atoms with Gasteiger partial charge in [0.15, 0.2) is 0 Å². The molecule has 0 aromatic rings. The van der Waals surface area contributed by atoms with Crippen LogP contribution >= 0.6 is 34.8 Å². The van der Waals surface area contributed by atoms with Gasteiger partial charge in [-0.25, -0.2) is 0 Å². The van der Waals surface area contributed by atoms with Gasteiger partial charge in [0.2, 0.25) is 0 Å². The van der Waals surface area contributed by atoms with Crippen LogP contribution in [0.25, 0.3) is 0 Å². The molecule has 0 fully saturated rings. The first-order valence-corrected chi connectivity index (χ1v) is 16.3. The van der Waals surface area contributed by atoms with E-state index in [4.69, 9.17) is 9.05 Å². The predicted molar refractivity (Wildman–Crippen MR) is 136 cm³/mol. The topological polar surface area (TPSA) is 18.5 Å². The highest BCUT2D eigenvalue weighted by Gasteiger charge is 2.15. The molecule has 0 aromatic heterocycles. The average molecular weight is 457 g/mol. The molecule has 27 heavy (non-hydrogen) atoms. The number of hydrogen-bond donors (Lipinski definition) is 0. The van der Waals surface area contributed by atoms with E-state index in [1.807, 2.05) is 0 Å². The SMILES string of the molecule is CCCCCC(CCCCCCCCC(C)C(CCCC)OP)OP(P)P. The molecule has 0 saturated heterocycles. The van der Waals surface area contributed by atoms with Crippen LogP contribution in [-0.2, 0) is 9.05 Å². The van der Waals surface area contributed by atoms with Gasteiger partial charge in [0.05, 0.1) is 19.7 Å². The lowest BCUT2D eigenvalue weighted by Gasteiger charge is -2.22. The Balaban J connectivity index is 3.70. The van der Waals surface area contributed by atoms with Crippen molar-refractivity contribution in [2.24, 2.45) is 5.92 Å². The highest BCUT2D eigenvalue weighted by molar-refractivity contribution is 8.41. The van der Waals surface area contributed by atoms with Gasteiger partial charge in [0, 0.05) is 9.47 Å². The number of unbranched alkanes of at least 4 members (excludes halogenated alkanes) is 8. The van der Waals surface area contributed by atoms with Gasteiger partial charge in [0.1, 0.15) is 0 Å². The van der Waals surface area contributed by atoms with Crippen molar-refractivity contribution in [2.45, 2.75) is 129 Å². The third kappa shape index (κ3) is 18.2. The Labute approximate surface area is 179 Å². The van der Waals surface area contributed by atoms with E-state index in [0.29, 0.717) is 18.1 Å². The van der Waals surface area contributed by atoms with Crippen LogP contribution in [-0.4, -0.2) is 12.2 Å². The minimum absolute atomic E-state index is 0.389. The zero-order valence-corrected chi connectivity index (χ0v) is 22.7. The van der Waals surface area contributed by atoms with Crippen LogP contribution in [0.5, 0.6) is 0 Å². The summed E-state index contributed by atoms with van der Waals surface area (Å²) in [5.41, 5.74) is 0. The summed E-state index contributed by atoms with van der Waals surface area (Å²) < 4.78 is 11.7. The predicted octanol–water partition coefficient (Wildman–Crippen LogP) is 9.05. The molecule has 0 aliphatic heterocycles. The van der Waals surface area contributed by atoms with Crippen LogP contribution in [0.15, 0.2) is 0 Å². The second kappa shape index (κ2) is 20.9. The molecule has 0 amide bonds. The first kappa shape index (κ1) is 28.6. The maximum atomic E-state index is 6.11. The van der Waals surface area contributed by atoms with Crippen molar-refractivity contribution >= 4 is 34.8 Å². The number of hydrogen-bond acceptors (Lipinski definition) is 2. The van der Waals surface area contributed by atoms with Crippen molar-refractivity contribution in [1.29, 1.82) is 0 Å². The van der Waals surface area contributed by atoms with Gasteiger partial charge < -0.3 is 9.05 Å². The standard InChI is InChI=1S/C21H48O2P4/c1-4-6-12-16-20(23-27(25)26)17-14-11-9-8-10-13-15-19(3)21(22-24)18-7-5-2/h19-21H,4-18,24-26H2,1-3H3. The van der Waals surface area contributed by atoms with Crippen molar-refractivity contribution in [3.05, 3.63) is 0 Å². The monoisotopic (exact) mass is 456 g/mol. The van der Waals surface area contributed by atoms with E-state index in [1.165, 1.54) is 96.3 Å². The molecule has 0 rings (SSSR count). The molecule has 2 nitrogen and oxygen atoms in total. The van der Waals surface area contributed by atoms with Crippen LogP contribution in [0.1, 0.15) is 117 Å². The molecular formula is C21H48O2P4. The minimum Gasteiger partial charge on any atom is -0.362 e. The fourth-order valence-electron chi connectivity index (χ4n) is 3.67. The van der Waals surface area contributed by atoms with Gasteiger partial charge in [-0.2, -0.15) is 0 Å². The molecule has 0 radical (unpaired) electrons. The summed E-state index contributed by atoms with van der Waals surface area (Å²) in [6, 6.07) is 0. The second-order valence-electron chi connectivity index (χ2n) is 8.08. The zero-order valence-electron chi connectivity index (χ0n) is 18.3. The lowest BCUT2D eigenvalue weighted by atomic mass is 9.93. The summed E-state index contributed by atoms with van der Waals surface area (Å²) in [5.74, 6) is 0.684. The van der Waals surface area contributed by atoms with Gasteiger partial charge in [-0.15, -0.1) is 0 Å². The smallest absolute Gasteiger partial charge is 0.0643 e. The fraction of sp³-hybridized carbons (Fsp3) is 1.00. The molecule has 164 valence electrons. The number of rotatable bonds is 20. The van der Waals surface area contributed by atoms with Crippen molar-refractivity contribution < 1.29 is 9.05 Å². The highest BCUT2D eigenvalue weighted by Crippen LogP contribution is 2.55. The minimum atomic E-state index is -0.389. The highest BCUT2D eigenvalue weighted by atomic mass is 32.4. The first-order valence-electron chi connectivity index (χ1n) is 11.4. The molecule has 0 aliphatic rings. The normalized spacial score (nSPS) is 15.2. The Hall–Kier alpha value is 1.64. The van der Waals surface area contributed by atoms with E-state index in [2.05, 4.69) is 48.1 Å². The lowest BCUT2D eigenvalue weighted by Crippen LogP contribution is -2.18. The van der Waals surface area contributed by atoms with E-state index in [0.717, 1.165) is 0 Å². The molecule has 0 bridgehead atoms. The van der Waals surface area contributed by atoms with Crippen molar-refractivity contribution in [2.75, 3.05) is 0 Å². The fourth-order valence-corrected chi connectivity index (χ4v) is 5.66. The summed E-state index contributed by atoms with van der Waals surface area (Å²) in [6.07, 6.45) is 20.6. The van der Waals surface area contributed by atoms with Crippen LogP contribution in [0.3, 0.4) is 0 Å². The Bertz CT molecular complexity index is 306. The third-order valence-electron chi connectivity index (χ3n) is 5.49. The van der Waals surface area contributed by atoms with Gasteiger partial charge in [-0.05, 0) is 31.6 Å². The van der Waals surface area contributed by atoms with Crippen LogP contribution < -0.4 is 0 Å². The van der Waals surface area contributed by atoms with Crippen molar-refractivity contribution in [1.82, 2.24) is 0 Å². The summed E-state index contributed by atoms with van der Waals surface area (Å²) in [4.78, 5) is 0. The molecule has 0 aliphatic carbocycles. The molecule has 6 atom stereocenters. The first-order chi connectivity index (χ1) is 13.0. The Morgan fingerprint density at radius 2 is 1.22 bits per heavy atom. The molecule has 0 heterocycles. The summed E-state index contributed by atoms with van der Waals surface area (Å²) in [6.45, 7) is 6.88. The van der Waals surface area contributed by atoms with E-state index in [1.54, 1.807) is 0 Å². The molecular weight excluding hydrogens is 408 g/mol. The quantitative estimate of drug-likeness (QED) is 0.134. The van der Waals surface area contributed by atoms with Gasteiger partial charge in [-0.1, -0.05) is 109 Å². The third-order valence-corrected chi connectivity index (χ3v) is 7.11. The molecule has 0 spiro atoms. The molecule has 0 saturated carbocycles. The van der Waals surface area contributed by atoms with Crippen molar-refractivity contribution in [3.63, 3.8) is 0 Å². The molecule has 0 aromatic carbocycles.